The highest BCUT2D eigenvalue weighted by Crippen LogP contribution is 2.67. The molecule has 104 valence electrons. The van der Waals surface area contributed by atoms with Crippen molar-refractivity contribution in [1.82, 2.24) is 5.32 Å². The normalized spacial score (nSPS) is 20.1. The van der Waals surface area contributed by atoms with Crippen molar-refractivity contribution >= 4 is 33.4 Å². The van der Waals surface area contributed by atoms with Gasteiger partial charge < -0.3 is 5.32 Å². The van der Waals surface area contributed by atoms with E-state index in [2.05, 4.69) is 48.9 Å². The molecule has 1 aromatic rings. The van der Waals surface area contributed by atoms with Crippen LogP contribution in [0.5, 0.6) is 0 Å². The predicted octanol–water partition coefficient (Wildman–Crippen LogP) is 4.51. The Kier molecular flexibility index (Phi) is 3.74. The average molecular weight is 345 g/mol. The fourth-order valence-electron chi connectivity index (χ4n) is 2.81. The molecule has 1 aliphatic rings. The maximum Gasteiger partial charge on any atom is 0.252 e. The molecular formula is C15H19BrClNO. The van der Waals surface area contributed by atoms with Crippen molar-refractivity contribution in [3.8, 4) is 0 Å². The Balaban J connectivity index is 2.00. The Labute approximate surface area is 128 Å². The highest BCUT2D eigenvalue weighted by Gasteiger charge is 2.64. The molecule has 0 bridgehead atoms. The Bertz CT molecular complexity index is 511. The number of hydrogen-bond acceptors (Lipinski definition) is 1. The van der Waals surface area contributed by atoms with Crippen molar-refractivity contribution in [3.05, 3.63) is 33.3 Å². The molecule has 0 saturated heterocycles. The van der Waals surface area contributed by atoms with Gasteiger partial charge in [0.05, 0.1) is 5.56 Å². The zero-order chi connectivity index (χ0) is 14.4. The molecule has 1 saturated carbocycles. The van der Waals surface area contributed by atoms with Gasteiger partial charge in [0.1, 0.15) is 0 Å². The van der Waals surface area contributed by atoms with Crippen molar-refractivity contribution in [2.45, 2.75) is 27.7 Å². The van der Waals surface area contributed by atoms with Gasteiger partial charge in [-0.3, -0.25) is 4.79 Å². The van der Waals surface area contributed by atoms with Crippen molar-refractivity contribution in [2.75, 3.05) is 6.54 Å². The number of nitrogens with one attached hydrogen (secondary N) is 1. The van der Waals surface area contributed by atoms with Crippen molar-refractivity contribution in [3.63, 3.8) is 0 Å². The zero-order valence-corrected chi connectivity index (χ0v) is 14.0. The monoisotopic (exact) mass is 343 g/mol. The summed E-state index contributed by atoms with van der Waals surface area (Å²) in [6, 6.07) is 5.21. The highest BCUT2D eigenvalue weighted by atomic mass is 79.9. The fourth-order valence-corrected chi connectivity index (χ4v) is 3.67. The molecule has 0 aromatic heterocycles. The number of hydrogen-bond donors (Lipinski definition) is 1. The van der Waals surface area contributed by atoms with E-state index in [0.717, 1.165) is 4.47 Å². The minimum Gasteiger partial charge on any atom is -0.352 e. The molecule has 2 rings (SSSR count). The second kappa shape index (κ2) is 4.78. The first kappa shape index (κ1) is 14.9. The van der Waals surface area contributed by atoms with Gasteiger partial charge >= 0.3 is 0 Å². The summed E-state index contributed by atoms with van der Waals surface area (Å²) in [6.45, 7) is 9.72. The van der Waals surface area contributed by atoms with Gasteiger partial charge in [-0.15, -0.1) is 0 Å². The van der Waals surface area contributed by atoms with Gasteiger partial charge in [-0.25, -0.2) is 0 Å². The third kappa shape index (κ3) is 2.55. The summed E-state index contributed by atoms with van der Waals surface area (Å²) in [5.74, 6) is 0.470. The first-order valence-electron chi connectivity index (χ1n) is 6.41. The van der Waals surface area contributed by atoms with E-state index in [4.69, 9.17) is 11.6 Å². The van der Waals surface area contributed by atoms with Gasteiger partial charge in [0.2, 0.25) is 0 Å². The zero-order valence-electron chi connectivity index (χ0n) is 11.7. The lowest BCUT2D eigenvalue weighted by Crippen LogP contribution is -2.27. The van der Waals surface area contributed by atoms with Crippen molar-refractivity contribution < 1.29 is 4.79 Å². The summed E-state index contributed by atoms with van der Waals surface area (Å²) < 4.78 is 0.729. The summed E-state index contributed by atoms with van der Waals surface area (Å²) in [7, 11) is 0. The molecule has 1 fully saturated rings. The number of benzene rings is 1. The molecule has 1 amide bonds. The van der Waals surface area contributed by atoms with Crippen LogP contribution < -0.4 is 5.32 Å². The Hall–Kier alpha value is -0.540. The quantitative estimate of drug-likeness (QED) is 0.858. The van der Waals surface area contributed by atoms with Crippen LogP contribution in [-0.2, 0) is 0 Å². The SMILES string of the molecule is CC1(C)C(CNC(=O)c2ccc(Cl)cc2Br)C1(C)C. The second-order valence-electron chi connectivity index (χ2n) is 6.33. The fraction of sp³-hybridized carbons (Fsp3) is 0.533. The topological polar surface area (TPSA) is 29.1 Å². The lowest BCUT2D eigenvalue weighted by atomic mass is 10.0. The first-order chi connectivity index (χ1) is 8.68. The molecule has 19 heavy (non-hydrogen) atoms. The standard InChI is InChI=1S/C15H19BrClNO/c1-14(2)12(15(14,3)4)8-18-13(19)10-6-5-9(17)7-11(10)16/h5-7,12H,8H2,1-4H3,(H,18,19). The van der Waals surface area contributed by atoms with Gasteiger partial charge in [-0.1, -0.05) is 39.3 Å². The summed E-state index contributed by atoms with van der Waals surface area (Å²) >= 11 is 9.24. The lowest BCUT2D eigenvalue weighted by Gasteiger charge is -2.08. The highest BCUT2D eigenvalue weighted by molar-refractivity contribution is 9.10. The lowest BCUT2D eigenvalue weighted by molar-refractivity contribution is 0.0949. The number of rotatable bonds is 3. The van der Waals surface area contributed by atoms with Gasteiger partial charge in [-0.05, 0) is 50.9 Å². The largest absolute Gasteiger partial charge is 0.352 e. The maximum absolute atomic E-state index is 12.1. The van der Waals surface area contributed by atoms with Crippen LogP contribution in [-0.4, -0.2) is 12.5 Å². The van der Waals surface area contributed by atoms with Crippen molar-refractivity contribution in [1.29, 1.82) is 0 Å². The van der Waals surface area contributed by atoms with E-state index in [-0.39, 0.29) is 16.7 Å². The smallest absolute Gasteiger partial charge is 0.252 e. The molecule has 1 N–H and O–H groups in total. The summed E-state index contributed by atoms with van der Waals surface area (Å²) in [5, 5.41) is 3.64. The molecule has 0 spiro atoms. The number of amides is 1. The van der Waals surface area contributed by atoms with Crippen LogP contribution in [0.25, 0.3) is 0 Å². The van der Waals surface area contributed by atoms with Crippen LogP contribution >= 0.6 is 27.5 Å². The molecule has 0 unspecified atom stereocenters. The summed E-state index contributed by atoms with van der Waals surface area (Å²) in [6.07, 6.45) is 0. The van der Waals surface area contributed by atoms with Crippen LogP contribution in [0.15, 0.2) is 22.7 Å². The van der Waals surface area contributed by atoms with Gasteiger partial charge in [0.15, 0.2) is 0 Å². The van der Waals surface area contributed by atoms with E-state index < -0.39 is 0 Å². The molecule has 4 heteroatoms. The van der Waals surface area contributed by atoms with Crippen LogP contribution in [0.4, 0.5) is 0 Å². The minimum atomic E-state index is -0.0537. The molecule has 0 atom stereocenters. The van der Waals surface area contributed by atoms with E-state index in [0.29, 0.717) is 23.0 Å². The van der Waals surface area contributed by atoms with Crippen LogP contribution in [0, 0.1) is 16.7 Å². The van der Waals surface area contributed by atoms with Gasteiger partial charge in [-0.2, -0.15) is 0 Å². The van der Waals surface area contributed by atoms with Gasteiger partial charge in [0, 0.05) is 16.0 Å². The summed E-state index contributed by atoms with van der Waals surface area (Å²) in [4.78, 5) is 12.1. The van der Waals surface area contributed by atoms with E-state index in [9.17, 15) is 4.79 Å². The van der Waals surface area contributed by atoms with Crippen LogP contribution in [0.3, 0.4) is 0 Å². The molecular weight excluding hydrogens is 326 g/mol. The number of carbonyl (C=O) groups excluding carboxylic acids is 1. The molecule has 0 aliphatic heterocycles. The number of carbonyl (C=O) groups is 1. The maximum atomic E-state index is 12.1. The second-order valence-corrected chi connectivity index (χ2v) is 7.62. The average Bonchev–Trinajstić information content (AvgIpc) is 2.66. The third-order valence-corrected chi connectivity index (χ3v) is 5.85. The first-order valence-corrected chi connectivity index (χ1v) is 7.58. The van der Waals surface area contributed by atoms with Crippen molar-refractivity contribution in [2.24, 2.45) is 16.7 Å². The number of halogens is 2. The predicted molar refractivity (Wildman–Crippen MR) is 82.5 cm³/mol. The van der Waals surface area contributed by atoms with E-state index in [1.807, 2.05) is 0 Å². The molecule has 2 nitrogen and oxygen atoms in total. The molecule has 0 heterocycles. The van der Waals surface area contributed by atoms with Crippen LogP contribution in [0.2, 0.25) is 5.02 Å². The Morgan fingerprint density at radius 1 is 1.32 bits per heavy atom. The van der Waals surface area contributed by atoms with E-state index in [1.54, 1.807) is 18.2 Å². The van der Waals surface area contributed by atoms with E-state index >= 15 is 0 Å². The van der Waals surface area contributed by atoms with Gasteiger partial charge in [0.25, 0.3) is 5.91 Å². The molecule has 0 radical (unpaired) electrons. The Morgan fingerprint density at radius 2 is 1.89 bits per heavy atom. The Morgan fingerprint density at radius 3 is 2.37 bits per heavy atom. The third-order valence-electron chi connectivity index (χ3n) is 4.96. The van der Waals surface area contributed by atoms with Crippen LogP contribution in [0.1, 0.15) is 38.1 Å². The summed E-state index contributed by atoms with van der Waals surface area (Å²) in [5.41, 5.74) is 1.20. The van der Waals surface area contributed by atoms with E-state index in [1.165, 1.54) is 0 Å². The molecule has 1 aliphatic carbocycles. The minimum absolute atomic E-state index is 0.0537. The molecule has 1 aromatic carbocycles.